The molecule has 0 unspecified atom stereocenters. The van der Waals surface area contributed by atoms with Crippen LogP contribution in [0.25, 0.3) is 0 Å². The maximum Gasteiger partial charge on any atom is 0.335 e. The monoisotopic (exact) mass is 297 g/mol. The Labute approximate surface area is 115 Å². The Morgan fingerprint density at radius 1 is 1.53 bits per heavy atom. The molecule has 1 N–H and O–H groups in total. The van der Waals surface area contributed by atoms with Gasteiger partial charge in [0.05, 0.1) is 10.5 Å². The lowest BCUT2D eigenvalue weighted by Crippen LogP contribution is -2.01. The summed E-state index contributed by atoms with van der Waals surface area (Å²) in [5.41, 5.74) is 1.61. The smallest absolute Gasteiger partial charge is 0.335 e. The number of hydrogen-bond acceptors (Lipinski definition) is 7. The highest BCUT2D eigenvalue weighted by molar-refractivity contribution is 8.01. The van der Waals surface area contributed by atoms with Crippen molar-refractivity contribution in [1.82, 2.24) is 10.2 Å². The van der Waals surface area contributed by atoms with Gasteiger partial charge < -0.3 is 5.11 Å². The summed E-state index contributed by atoms with van der Waals surface area (Å²) >= 11 is 2.44. The molecule has 1 heterocycles. The molecule has 0 fully saturated rings. The minimum absolute atomic E-state index is 0.121. The van der Waals surface area contributed by atoms with Crippen molar-refractivity contribution in [3.8, 4) is 0 Å². The number of aromatic carboxylic acids is 1. The van der Waals surface area contributed by atoms with Gasteiger partial charge in [0.2, 0.25) is 0 Å². The molecule has 0 amide bonds. The van der Waals surface area contributed by atoms with Crippen molar-refractivity contribution < 1.29 is 14.8 Å². The molecule has 0 spiro atoms. The molecule has 0 aliphatic carbocycles. The molecular formula is C10H7N3O4S2. The average Bonchev–Trinajstić information content (AvgIpc) is 2.83. The molecule has 0 radical (unpaired) electrons. The zero-order valence-electron chi connectivity index (χ0n) is 9.56. The second-order valence-electron chi connectivity index (χ2n) is 3.49. The summed E-state index contributed by atoms with van der Waals surface area (Å²) in [6, 6.07) is 2.46. The van der Waals surface area contributed by atoms with Gasteiger partial charge in [-0.3, -0.25) is 10.1 Å². The van der Waals surface area contributed by atoms with Crippen molar-refractivity contribution in [2.75, 3.05) is 0 Å². The maximum atomic E-state index is 11.0. The Balaban J connectivity index is 2.52. The zero-order valence-corrected chi connectivity index (χ0v) is 11.2. The third-order valence-corrected chi connectivity index (χ3v) is 4.24. The van der Waals surface area contributed by atoms with Crippen molar-refractivity contribution in [2.24, 2.45) is 0 Å². The fraction of sp³-hybridized carbons (Fsp3) is 0.100. The lowest BCUT2D eigenvalue weighted by molar-refractivity contribution is -0.385. The van der Waals surface area contributed by atoms with Crippen LogP contribution >= 0.6 is 23.1 Å². The first-order chi connectivity index (χ1) is 8.99. The number of aromatic nitrogens is 2. The van der Waals surface area contributed by atoms with Gasteiger partial charge >= 0.3 is 5.97 Å². The number of benzene rings is 1. The van der Waals surface area contributed by atoms with Crippen LogP contribution in [0.1, 0.15) is 15.9 Å². The Bertz CT molecular complexity index is 642. The Kier molecular flexibility index (Phi) is 3.76. The summed E-state index contributed by atoms with van der Waals surface area (Å²) in [6.45, 7) is 1.58. The predicted octanol–water partition coefficient (Wildman–Crippen LogP) is 2.60. The number of nitrogens with zero attached hydrogens (tertiary/aromatic N) is 3. The number of carbonyl (C=O) groups is 1. The molecule has 0 bridgehead atoms. The van der Waals surface area contributed by atoms with E-state index in [-0.39, 0.29) is 11.3 Å². The third-order valence-electron chi connectivity index (χ3n) is 2.31. The van der Waals surface area contributed by atoms with Crippen LogP contribution in [0.15, 0.2) is 26.9 Å². The molecule has 19 heavy (non-hydrogen) atoms. The van der Waals surface area contributed by atoms with Crippen LogP contribution in [0.3, 0.4) is 0 Å². The molecule has 0 aliphatic rings. The molecule has 0 saturated heterocycles. The van der Waals surface area contributed by atoms with E-state index in [9.17, 15) is 14.9 Å². The normalized spacial score (nSPS) is 10.4. The highest BCUT2D eigenvalue weighted by atomic mass is 32.2. The van der Waals surface area contributed by atoms with Gasteiger partial charge in [0.25, 0.3) is 5.69 Å². The van der Waals surface area contributed by atoms with Gasteiger partial charge in [-0.2, -0.15) is 0 Å². The minimum Gasteiger partial charge on any atom is -0.478 e. The van der Waals surface area contributed by atoms with E-state index in [1.165, 1.54) is 22.9 Å². The molecule has 0 aliphatic heterocycles. The van der Waals surface area contributed by atoms with Gasteiger partial charge in [-0.15, -0.1) is 10.2 Å². The van der Waals surface area contributed by atoms with Gasteiger partial charge in [-0.1, -0.05) is 23.1 Å². The van der Waals surface area contributed by atoms with Crippen LogP contribution in [-0.4, -0.2) is 26.2 Å². The molecule has 7 nitrogen and oxygen atoms in total. The Hall–Kier alpha value is -2.00. The van der Waals surface area contributed by atoms with E-state index in [2.05, 4.69) is 10.2 Å². The second kappa shape index (κ2) is 5.33. The third kappa shape index (κ3) is 2.88. The van der Waals surface area contributed by atoms with E-state index in [4.69, 9.17) is 5.11 Å². The topological polar surface area (TPSA) is 106 Å². The quantitative estimate of drug-likeness (QED) is 0.682. The second-order valence-corrected chi connectivity index (χ2v) is 5.61. The number of carboxylic acid groups (broad SMARTS) is 1. The van der Waals surface area contributed by atoms with Gasteiger partial charge in [0.1, 0.15) is 5.51 Å². The van der Waals surface area contributed by atoms with E-state index >= 15 is 0 Å². The van der Waals surface area contributed by atoms with Crippen LogP contribution in [-0.2, 0) is 0 Å². The number of carboxylic acids is 1. The highest BCUT2D eigenvalue weighted by Gasteiger charge is 2.20. The first-order valence-corrected chi connectivity index (χ1v) is 6.65. The number of rotatable bonds is 4. The SMILES string of the molecule is Cc1c(Sc2nncs2)cc(C(=O)O)cc1[N+](=O)[O-]. The summed E-state index contributed by atoms with van der Waals surface area (Å²) < 4.78 is 0.597. The molecule has 0 saturated carbocycles. The van der Waals surface area contributed by atoms with Crippen LogP contribution in [0, 0.1) is 17.0 Å². The Morgan fingerprint density at radius 3 is 2.79 bits per heavy atom. The summed E-state index contributed by atoms with van der Waals surface area (Å²) in [4.78, 5) is 21.8. The first-order valence-electron chi connectivity index (χ1n) is 4.95. The summed E-state index contributed by atoms with van der Waals surface area (Å²) in [6.07, 6.45) is 0. The molecular weight excluding hydrogens is 290 g/mol. The number of hydrogen-bond donors (Lipinski definition) is 1. The highest BCUT2D eigenvalue weighted by Crippen LogP contribution is 2.35. The number of nitro benzene ring substituents is 1. The van der Waals surface area contributed by atoms with Gasteiger partial charge in [-0.05, 0) is 13.0 Å². The minimum atomic E-state index is -1.21. The lowest BCUT2D eigenvalue weighted by atomic mass is 10.1. The van der Waals surface area contributed by atoms with Crippen molar-refractivity contribution in [3.63, 3.8) is 0 Å². The van der Waals surface area contributed by atoms with E-state index in [0.29, 0.717) is 14.8 Å². The summed E-state index contributed by atoms with van der Waals surface area (Å²) in [7, 11) is 0. The summed E-state index contributed by atoms with van der Waals surface area (Å²) in [5.74, 6) is -1.21. The maximum absolute atomic E-state index is 11.0. The molecule has 1 aromatic carbocycles. The van der Waals surface area contributed by atoms with Crippen LogP contribution < -0.4 is 0 Å². The predicted molar refractivity (Wildman–Crippen MR) is 68.8 cm³/mol. The van der Waals surface area contributed by atoms with Gasteiger partial charge in [0, 0.05) is 16.5 Å². The average molecular weight is 297 g/mol. The fourth-order valence-corrected chi connectivity index (χ4v) is 2.98. The van der Waals surface area contributed by atoms with Crippen molar-refractivity contribution in [1.29, 1.82) is 0 Å². The van der Waals surface area contributed by atoms with Crippen LogP contribution in [0.5, 0.6) is 0 Å². The van der Waals surface area contributed by atoms with E-state index in [0.717, 1.165) is 17.8 Å². The molecule has 98 valence electrons. The fourth-order valence-electron chi connectivity index (χ4n) is 1.39. The lowest BCUT2D eigenvalue weighted by Gasteiger charge is -2.05. The van der Waals surface area contributed by atoms with Crippen LogP contribution in [0.2, 0.25) is 0 Å². The first kappa shape index (κ1) is 13.4. The largest absolute Gasteiger partial charge is 0.478 e. The molecule has 9 heteroatoms. The van der Waals surface area contributed by atoms with E-state index in [1.807, 2.05) is 0 Å². The Morgan fingerprint density at radius 2 is 2.26 bits per heavy atom. The molecule has 2 aromatic rings. The number of nitro groups is 1. The zero-order chi connectivity index (χ0) is 14.0. The summed E-state index contributed by atoms with van der Waals surface area (Å²) in [5, 5.41) is 27.4. The molecule has 0 atom stereocenters. The van der Waals surface area contributed by atoms with E-state index < -0.39 is 10.9 Å². The van der Waals surface area contributed by atoms with Gasteiger partial charge in [0.15, 0.2) is 4.34 Å². The van der Waals surface area contributed by atoms with Crippen molar-refractivity contribution >= 4 is 34.8 Å². The standard InChI is InChI=1S/C10H7N3O4S2/c1-5-7(13(16)17)2-6(9(14)15)3-8(5)19-10-12-11-4-18-10/h2-4H,1H3,(H,14,15). The van der Waals surface area contributed by atoms with Crippen molar-refractivity contribution in [3.05, 3.63) is 38.9 Å². The molecule has 1 aromatic heterocycles. The van der Waals surface area contributed by atoms with E-state index in [1.54, 1.807) is 6.92 Å². The van der Waals surface area contributed by atoms with Crippen molar-refractivity contribution in [2.45, 2.75) is 16.2 Å². The molecule has 2 rings (SSSR count). The van der Waals surface area contributed by atoms with Gasteiger partial charge in [-0.25, -0.2) is 4.79 Å². The van der Waals surface area contributed by atoms with Crippen LogP contribution in [0.4, 0.5) is 5.69 Å².